The van der Waals surface area contributed by atoms with Crippen LogP contribution in [0.3, 0.4) is 0 Å². The summed E-state index contributed by atoms with van der Waals surface area (Å²) in [6.07, 6.45) is 23.0. The maximum Gasteiger partial charge on any atom is 0.303 e. The molecule has 1 rings (SSSR count). The lowest BCUT2D eigenvalue weighted by Gasteiger charge is -2.00. The summed E-state index contributed by atoms with van der Waals surface area (Å²) >= 11 is 0. The van der Waals surface area contributed by atoms with Gasteiger partial charge in [0.05, 0.1) is 18.3 Å². The largest absolute Gasteiger partial charge is 0.481 e. The van der Waals surface area contributed by atoms with Gasteiger partial charge in [0.15, 0.2) is 0 Å². The van der Waals surface area contributed by atoms with E-state index in [1.807, 2.05) is 18.2 Å². The molecule has 1 fully saturated rings. The number of aliphatic carboxylic acids is 1. The number of aliphatic hydroxyl groups is 1. The standard InChI is InChI=1S/C22H36O4/c1-2-20-21(26-20)18-19(23)16-14-12-10-8-6-4-3-5-7-9-11-13-15-17-22(24)25/h4,6,10,12,14,16,19-21,23H,2-3,5,7-9,11,13,15,17-18H2,1H3,(H,24,25)/b6-4-,12-10-,16-14+. The summed E-state index contributed by atoms with van der Waals surface area (Å²) in [5.74, 6) is -0.686. The van der Waals surface area contributed by atoms with Crippen molar-refractivity contribution in [3.8, 4) is 0 Å². The number of allylic oxidation sites excluding steroid dienone is 5. The highest BCUT2D eigenvalue weighted by molar-refractivity contribution is 5.66. The predicted molar refractivity (Wildman–Crippen MR) is 106 cm³/mol. The third kappa shape index (κ3) is 12.9. The number of rotatable bonds is 16. The molecule has 1 aliphatic heterocycles. The molecule has 4 nitrogen and oxygen atoms in total. The molecular formula is C22H36O4. The van der Waals surface area contributed by atoms with Crippen LogP contribution in [0.1, 0.15) is 77.6 Å². The normalized spacial score (nSPS) is 21.2. The van der Waals surface area contributed by atoms with Gasteiger partial charge in [-0.25, -0.2) is 0 Å². The average molecular weight is 365 g/mol. The minimum atomic E-state index is -0.686. The number of carboxylic acids is 1. The Labute approximate surface area is 158 Å². The number of unbranched alkanes of at least 4 members (excludes halogenated alkanes) is 6. The molecule has 0 bridgehead atoms. The second-order valence-electron chi connectivity index (χ2n) is 7.00. The zero-order valence-corrected chi connectivity index (χ0v) is 16.2. The molecule has 0 radical (unpaired) electrons. The van der Waals surface area contributed by atoms with E-state index < -0.39 is 12.1 Å². The molecule has 1 heterocycles. The second-order valence-corrected chi connectivity index (χ2v) is 7.00. The van der Waals surface area contributed by atoms with Gasteiger partial charge in [-0.2, -0.15) is 0 Å². The first kappa shape index (κ1) is 22.7. The molecular weight excluding hydrogens is 328 g/mol. The number of carbonyl (C=O) groups is 1. The van der Waals surface area contributed by atoms with E-state index in [1.54, 1.807) is 0 Å². The van der Waals surface area contributed by atoms with Crippen molar-refractivity contribution in [2.75, 3.05) is 0 Å². The van der Waals surface area contributed by atoms with Crippen LogP contribution in [-0.2, 0) is 9.53 Å². The van der Waals surface area contributed by atoms with E-state index in [4.69, 9.17) is 9.84 Å². The first-order valence-electron chi connectivity index (χ1n) is 10.2. The number of hydrogen-bond donors (Lipinski definition) is 2. The molecule has 148 valence electrons. The fourth-order valence-corrected chi connectivity index (χ4v) is 2.95. The highest BCUT2D eigenvalue weighted by atomic mass is 16.6. The zero-order chi connectivity index (χ0) is 19.0. The van der Waals surface area contributed by atoms with Crippen molar-refractivity contribution < 1.29 is 19.7 Å². The number of carboxylic acid groups (broad SMARTS) is 1. The average Bonchev–Trinajstić information content (AvgIpc) is 3.36. The summed E-state index contributed by atoms with van der Waals surface area (Å²) in [4.78, 5) is 10.4. The van der Waals surface area contributed by atoms with Gasteiger partial charge in [-0.3, -0.25) is 4.79 Å². The lowest BCUT2D eigenvalue weighted by Crippen LogP contribution is -2.07. The quantitative estimate of drug-likeness (QED) is 0.171. The van der Waals surface area contributed by atoms with Crippen molar-refractivity contribution >= 4 is 5.97 Å². The molecule has 1 aliphatic rings. The van der Waals surface area contributed by atoms with Crippen molar-refractivity contribution in [1.82, 2.24) is 0 Å². The van der Waals surface area contributed by atoms with Crippen LogP contribution in [0.15, 0.2) is 36.5 Å². The lowest BCUT2D eigenvalue weighted by atomic mass is 10.1. The number of ether oxygens (including phenoxy) is 1. The highest BCUT2D eigenvalue weighted by Gasteiger charge is 2.37. The van der Waals surface area contributed by atoms with Crippen molar-refractivity contribution in [1.29, 1.82) is 0 Å². The Bertz CT molecular complexity index is 453. The first-order valence-corrected chi connectivity index (χ1v) is 10.2. The van der Waals surface area contributed by atoms with E-state index in [1.165, 1.54) is 19.3 Å². The van der Waals surface area contributed by atoms with Gasteiger partial charge in [0.25, 0.3) is 0 Å². The fraction of sp³-hybridized carbons (Fsp3) is 0.682. The summed E-state index contributed by atoms with van der Waals surface area (Å²) in [5, 5.41) is 18.4. The molecule has 0 spiro atoms. The SMILES string of the molecule is CCC1OC1CC(O)/C=C/C=C\C/C=C\CCCCCCCCC(=O)O. The molecule has 2 N–H and O–H groups in total. The maximum absolute atomic E-state index is 10.4. The molecule has 1 saturated heterocycles. The van der Waals surface area contributed by atoms with E-state index in [0.29, 0.717) is 18.9 Å². The van der Waals surface area contributed by atoms with Crippen LogP contribution in [0.25, 0.3) is 0 Å². The van der Waals surface area contributed by atoms with E-state index in [2.05, 4.69) is 25.2 Å². The van der Waals surface area contributed by atoms with E-state index in [-0.39, 0.29) is 6.10 Å². The van der Waals surface area contributed by atoms with Crippen LogP contribution in [0.2, 0.25) is 0 Å². The Kier molecular flexibility index (Phi) is 12.8. The van der Waals surface area contributed by atoms with E-state index in [9.17, 15) is 9.90 Å². The summed E-state index contributed by atoms with van der Waals surface area (Å²) in [5.41, 5.74) is 0. The Morgan fingerprint density at radius 1 is 1.00 bits per heavy atom. The minimum Gasteiger partial charge on any atom is -0.481 e. The molecule has 0 aromatic rings. The molecule has 3 atom stereocenters. The summed E-state index contributed by atoms with van der Waals surface area (Å²) in [6.45, 7) is 2.11. The number of epoxide rings is 1. The van der Waals surface area contributed by atoms with Crippen LogP contribution in [0, 0.1) is 0 Å². The molecule has 0 amide bonds. The Hall–Kier alpha value is -1.39. The summed E-state index contributed by atoms with van der Waals surface area (Å²) in [7, 11) is 0. The zero-order valence-electron chi connectivity index (χ0n) is 16.2. The number of aliphatic hydroxyl groups excluding tert-OH is 1. The van der Waals surface area contributed by atoms with Gasteiger partial charge in [-0.05, 0) is 32.1 Å². The maximum atomic E-state index is 10.4. The van der Waals surface area contributed by atoms with Gasteiger partial charge in [-0.15, -0.1) is 0 Å². The minimum absolute atomic E-state index is 0.247. The molecule has 26 heavy (non-hydrogen) atoms. The highest BCUT2D eigenvalue weighted by Crippen LogP contribution is 2.29. The van der Waals surface area contributed by atoms with Gasteiger partial charge >= 0.3 is 5.97 Å². The van der Waals surface area contributed by atoms with Gasteiger partial charge in [0.1, 0.15) is 0 Å². The third-order valence-corrected chi connectivity index (χ3v) is 4.59. The molecule has 0 aromatic carbocycles. The van der Waals surface area contributed by atoms with E-state index in [0.717, 1.165) is 38.5 Å². The predicted octanol–water partition coefficient (Wildman–Crippen LogP) is 5.18. The van der Waals surface area contributed by atoms with Crippen LogP contribution >= 0.6 is 0 Å². The van der Waals surface area contributed by atoms with Crippen molar-refractivity contribution in [3.05, 3.63) is 36.5 Å². The second kappa shape index (κ2) is 14.7. The van der Waals surface area contributed by atoms with Gasteiger partial charge < -0.3 is 14.9 Å². The Morgan fingerprint density at radius 2 is 1.73 bits per heavy atom. The molecule has 4 heteroatoms. The topological polar surface area (TPSA) is 70.1 Å². The number of hydrogen-bond acceptors (Lipinski definition) is 3. The van der Waals surface area contributed by atoms with Crippen LogP contribution < -0.4 is 0 Å². The van der Waals surface area contributed by atoms with Crippen molar-refractivity contribution in [2.24, 2.45) is 0 Å². The van der Waals surface area contributed by atoms with Crippen molar-refractivity contribution in [2.45, 2.75) is 95.9 Å². The molecule has 0 saturated carbocycles. The van der Waals surface area contributed by atoms with Crippen LogP contribution in [-0.4, -0.2) is 34.5 Å². The fourth-order valence-electron chi connectivity index (χ4n) is 2.95. The summed E-state index contributed by atoms with van der Waals surface area (Å²) in [6, 6.07) is 0. The molecule has 3 unspecified atom stereocenters. The smallest absolute Gasteiger partial charge is 0.303 e. The molecule has 0 aromatic heterocycles. The summed E-state index contributed by atoms with van der Waals surface area (Å²) < 4.78 is 5.43. The van der Waals surface area contributed by atoms with Gasteiger partial charge in [0, 0.05) is 12.8 Å². The monoisotopic (exact) mass is 364 g/mol. The van der Waals surface area contributed by atoms with E-state index >= 15 is 0 Å². The molecule has 0 aliphatic carbocycles. The Balaban J connectivity index is 1.88. The third-order valence-electron chi connectivity index (χ3n) is 4.59. The Morgan fingerprint density at radius 3 is 2.42 bits per heavy atom. The first-order chi connectivity index (χ1) is 12.6. The van der Waals surface area contributed by atoms with Gasteiger partial charge in [-0.1, -0.05) is 69.1 Å². The van der Waals surface area contributed by atoms with Crippen LogP contribution in [0.5, 0.6) is 0 Å². The van der Waals surface area contributed by atoms with Crippen LogP contribution in [0.4, 0.5) is 0 Å². The van der Waals surface area contributed by atoms with Crippen molar-refractivity contribution in [3.63, 3.8) is 0 Å². The van der Waals surface area contributed by atoms with Gasteiger partial charge in [0.2, 0.25) is 0 Å². The lowest BCUT2D eigenvalue weighted by molar-refractivity contribution is -0.137.